The zero-order valence-electron chi connectivity index (χ0n) is 10.2. The van der Waals surface area contributed by atoms with Crippen LogP contribution in [-0.2, 0) is 11.2 Å². The fourth-order valence-electron chi connectivity index (χ4n) is 2.30. The number of carbonyl (C=O) groups excluding carboxylic acids is 1. The fraction of sp³-hybridized carbons (Fsp3) is 0.500. The Morgan fingerprint density at radius 3 is 2.41 bits per heavy atom. The van der Waals surface area contributed by atoms with E-state index in [0.29, 0.717) is 24.7 Å². The molecule has 1 saturated heterocycles. The summed E-state index contributed by atoms with van der Waals surface area (Å²) in [5.74, 6) is 0.181. The van der Waals surface area contributed by atoms with Gasteiger partial charge in [0.05, 0.1) is 0 Å². The van der Waals surface area contributed by atoms with Gasteiger partial charge in [-0.15, -0.1) is 0 Å². The molecule has 0 bridgehead atoms. The highest BCUT2D eigenvalue weighted by Crippen LogP contribution is 2.14. The molecular formula is C14H18FNO. The third-order valence-electron chi connectivity index (χ3n) is 3.42. The summed E-state index contributed by atoms with van der Waals surface area (Å²) < 4.78 is 12.8. The summed E-state index contributed by atoms with van der Waals surface area (Å²) in [5, 5.41) is 0. The smallest absolute Gasteiger partial charge is 0.135 e. The minimum atomic E-state index is -0.190. The van der Waals surface area contributed by atoms with E-state index in [1.807, 2.05) is 12.1 Å². The first-order valence-corrected chi connectivity index (χ1v) is 6.15. The van der Waals surface area contributed by atoms with Gasteiger partial charge in [0.1, 0.15) is 11.6 Å². The first-order chi connectivity index (χ1) is 8.15. The molecule has 2 nitrogen and oxygen atoms in total. The Labute approximate surface area is 101 Å². The van der Waals surface area contributed by atoms with Crippen LogP contribution in [0.5, 0.6) is 0 Å². The van der Waals surface area contributed by atoms with E-state index in [1.165, 1.54) is 12.1 Å². The molecule has 1 aliphatic rings. The summed E-state index contributed by atoms with van der Waals surface area (Å²) in [4.78, 5) is 13.5. The molecule has 1 unspecified atom stereocenters. The van der Waals surface area contributed by atoms with Crippen molar-refractivity contribution in [2.75, 3.05) is 13.1 Å². The maximum Gasteiger partial charge on any atom is 0.135 e. The standard InChI is InChI=1S/C14H18FNO/c1-11(16-8-6-14(17)7-9-16)10-12-2-4-13(15)5-3-12/h2-5,11H,6-10H2,1H3. The molecule has 2 rings (SSSR count). The number of piperidine rings is 1. The molecule has 0 spiro atoms. The zero-order chi connectivity index (χ0) is 12.3. The lowest BCUT2D eigenvalue weighted by molar-refractivity contribution is -0.121. The Morgan fingerprint density at radius 1 is 1.24 bits per heavy atom. The molecule has 1 fully saturated rings. The topological polar surface area (TPSA) is 20.3 Å². The number of rotatable bonds is 3. The van der Waals surface area contributed by atoms with Gasteiger partial charge in [-0.2, -0.15) is 0 Å². The van der Waals surface area contributed by atoms with Crippen molar-refractivity contribution in [2.45, 2.75) is 32.2 Å². The number of ketones is 1. The largest absolute Gasteiger partial charge is 0.300 e. The average molecular weight is 235 g/mol. The number of hydrogen-bond acceptors (Lipinski definition) is 2. The van der Waals surface area contributed by atoms with Gasteiger partial charge in [0, 0.05) is 32.0 Å². The summed E-state index contributed by atoms with van der Waals surface area (Å²) >= 11 is 0. The summed E-state index contributed by atoms with van der Waals surface area (Å²) in [5.41, 5.74) is 1.15. The van der Waals surface area contributed by atoms with Gasteiger partial charge < -0.3 is 0 Å². The van der Waals surface area contributed by atoms with Crippen LogP contribution in [0.2, 0.25) is 0 Å². The van der Waals surface area contributed by atoms with Crippen molar-refractivity contribution in [3.63, 3.8) is 0 Å². The van der Waals surface area contributed by atoms with Crippen LogP contribution in [-0.4, -0.2) is 29.8 Å². The van der Waals surface area contributed by atoms with E-state index < -0.39 is 0 Å². The van der Waals surface area contributed by atoms with Gasteiger partial charge in [-0.25, -0.2) is 4.39 Å². The Bertz CT molecular complexity index is 378. The molecule has 3 heteroatoms. The molecule has 1 heterocycles. The third kappa shape index (κ3) is 3.37. The summed E-state index contributed by atoms with van der Waals surface area (Å²) in [6, 6.07) is 7.08. The summed E-state index contributed by atoms with van der Waals surface area (Å²) in [6.45, 7) is 3.89. The molecular weight excluding hydrogens is 217 g/mol. The van der Waals surface area contributed by atoms with E-state index in [0.717, 1.165) is 25.1 Å². The SMILES string of the molecule is CC(Cc1ccc(F)cc1)N1CCC(=O)CC1. The number of nitrogens with zero attached hydrogens (tertiary/aromatic N) is 1. The summed E-state index contributed by atoms with van der Waals surface area (Å²) in [7, 11) is 0. The van der Waals surface area contributed by atoms with Gasteiger partial charge in [-0.1, -0.05) is 12.1 Å². The molecule has 1 aromatic carbocycles. The van der Waals surface area contributed by atoms with E-state index in [1.54, 1.807) is 0 Å². The highest BCUT2D eigenvalue weighted by Gasteiger charge is 2.20. The Kier molecular flexibility index (Phi) is 3.89. The van der Waals surface area contributed by atoms with Gasteiger partial charge >= 0.3 is 0 Å². The zero-order valence-corrected chi connectivity index (χ0v) is 10.2. The second-order valence-electron chi connectivity index (χ2n) is 4.75. The molecule has 1 atom stereocenters. The van der Waals surface area contributed by atoms with E-state index in [4.69, 9.17) is 0 Å². The molecule has 0 saturated carbocycles. The monoisotopic (exact) mass is 235 g/mol. The molecule has 1 aromatic rings. The van der Waals surface area contributed by atoms with E-state index in [9.17, 15) is 9.18 Å². The molecule has 1 aliphatic heterocycles. The Hall–Kier alpha value is -1.22. The normalized spacial score (nSPS) is 19.3. The van der Waals surface area contributed by atoms with E-state index >= 15 is 0 Å². The van der Waals surface area contributed by atoms with Crippen LogP contribution in [0.25, 0.3) is 0 Å². The average Bonchev–Trinajstić information content (AvgIpc) is 2.33. The van der Waals surface area contributed by atoms with Crippen molar-refractivity contribution in [3.05, 3.63) is 35.6 Å². The lowest BCUT2D eigenvalue weighted by Gasteiger charge is -2.31. The minimum Gasteiger partial charge on any atom is -0.300 e. The number of halogens is 1. The molecule has 0 aliphatic carbocycles. The van der Waals surface area contributed by atoms with Crippen LogP contribution in [0.15, 0.2) is 24.3 Å². The van der Waals surface area contributed by atoms with Crippen molar-refractivity contribution < 1.29 is 9.18 Å². The number of hydrogen-bond donors (Lipinski definition) is 0. The molecule has 0 radical (unpaired) electrons. The second kappa shape index (κ2) is 5.41. The molecule has 0 N–H and O–H groups in total. The van der Waals surface area contributed by atoms with E-state index in [2.05, 4.69) is 11.8 Å². The number of Topliss-reactive ketones (excluding diaryl/α,β-unsaturated/α-hetero) is 1. The molecule has 17 heavy (non-hydrogen) atoms. The molecule has 0 aromatic heterocycles. The predicted molar refractivity (Wildman–Crippen MR) is 65.4 cm³/mol. The van der Waals surface area contributed by atoms with Crippen LogP contribution in [0, 0.1) is 5.82 Å². The van der Waals surface area contributed by atoms with Gasteiger partial charge in [0.15, 0.2) is 0 Å². The summed E-state index contributed by atoms with van der Waals surface area (Å²) in [6.07, 6.45) is 2.26. The van der Waals surface area contributed by atoms with Crippen molar-refractivity contribution in [1.82, 2.24) is 4.90 Å². The minimum absolute atomic E-state index is 0.190. The van der Waals surface area contributed by atoms with Crippen molar-refractivity contribution in [1.29, 1.82) is 0 Å². The van der Waals surface area contributed by atoms with Crippen molar-refractivity contribution >= 4 is 5.78 Å². The third-order valence-corrected chi connectivity index (χ3v) is 3.42. The van der Waals surface area contributed by atoms with E-state index in [-0.39, 0.29) is 5.82 Å². The van der Waals surface area contributed by atoms with Gasteiger partial charge in [0.25, 0.3) is 0 Å². The van der Waals surface area contributed by atoms with Gasteiger partial charge in [0.2, 0.25) is 0 Å². The van der Waals surface area contributed by atoms with Crippen molar-refractivity contribution in [2.24, 2.45) is 0 Å². The predicted octanol–water partition coefficient (Wildman–Crippen LogP) is 2.42. The Balaban J connectivity index is 1.90. The highest BCUT2D eigenvalue weighted by molar-refractivity contribution is 5.79. The maximum absolute atomic E-state index is 12.8. The Morgan fingerprint density at radius 2 is 1.82 bits per heavy atom. The first-order valence-electron chi connectivity index (χ1n) is 6.15. The van der Waals surface area contributed by atoms with Crippen LogP contribution in [0.3, 0.4) is 0 Å². The van der Waals surface area contributed by atoms with Crippen LogP contribution in [0.4, 0.5) is 4.39 Å². The quantitative estimate of drug-likeness (QED) is 0.802. The van der Waals surface area contributed by atoms with Crippen molar-refractivity contribution in [3.8, 4) is 0 Å². The maximum atomic E-state index is 12.8. The number of benzene rings is 1. The lowest BCUT2D eigenvalue weighted by atomic mass is 10.0. The van der Waals surface area contributed by atoms with Crippen LogP contribution >= 0.6 is 0 Å². The van der Waals surface area contributed by atoms with Gasteiger partial charge in [-0.05, 0) is 31.0 Å². The molecule has 0 amide bonds. The number of carbonyl (C=O) groups is 1. The second-order valence-corrected chi connectivity index (χ2v) is 4.75. The van der Waals surface area contributed by atoms with Crippen LogP contribution < -0.4 is 0 Å². The number of likely N-dealkylation sites (tertiary alicyclic amines) is 1. The highest BCUT2D eigenvalue weighted by atomic mass is 19.1. The first kappa shape index (κ1) is 12.2. The lowest BCUT2D eigenvalue weighted by Crippen LogP contribution is -2.41. The van der Waals surface area contributed by atoms with Gasteiger partial charge in [-0.3, -0.25) is 9.69 Å². The van der Waals surface area contributed by atoms with Crippen LogP contribution in [0.1, 0.15) is 25.3 Å². The fourth-order valence-corrected chi connectivity index (χ4v) is 2.30. The molecule has 92 valence electrons.